The molecule has 0 bridgehead atoms. The number of rotatable bonds is 2. The van der Waals surface area contributed by atoms with E-state index in [0.717, 1.165) is 16.1 Å². The van der Waals surface area contributed by atoms with Gasteiger partial charge in [-0.3, -0.25) is 0 Å². The SMILES string of the molecule is Oc1cc(Cc2nc3ccccc3s2)ccc1Cl. The van der Waals surface area contributed by atoms with E-state index in [9.17, 15) is 5.11 Å². The van der Waals surface area contributed by atoms with Gasteiger partial charge in [-0.2, -0.15) is 0 Å². The zero-order valence-electron chi connectivity index (χ0n) is 9.43. The monoisotopic (exact) mass is 275 g/mol. The summed E-state index contributed by atoms with van der Waals surface area (Å²) in [7, 11) is 0. The van der Waals surface area contributed by atoms with E-state index >= 15 is 0 Å². The number of halogens is 1. The maximum atomic E-state index is 9.57. The minimum absolute atomic E-state index is 0.121. The maximum Gasteiger partial charge on any atom is 0.134 e. The molecule has 0 aliphatic rings. The second-order valence-electron chi connectivity index (χ2n) is 4.04. The highest BCUT2D eigenvalue weighted by Crippen LogP contribution is 2.27. The predicted octanol–water partition coefficient (Wildman–Crippen LogP) is 4.25. The van der Waals surface area contributed by atoms with Gasteiger partial charge in [-0.1, -0.05) is 29.8 Å². The molecule has 0 saturated carbocycles. The quantitative estimate of drug-likeness (QED) is 0.759. The molecule has 4 heteroatoms. The molecule has 2 nitrogen and oxygen atoms in total. The third-order valence-corrected chi connectivity index (χ3v) is 4.06. The van der Waals surface area contributed by atoms with Gasteiger partial charge in [-0.05, 0) is 29.8 Å². The van der Waals surface area contributed by atoms with Gasteiger partial charge in [0.1, 0.15) is 5.75 Å². The molecule has 0 unspecified atom stereocenters. The Kier molecular flexibility index (Phi) is 2.94. The van der Waals surface area contributed by atoms with Gasteiger partial charge in [0, 0.05) is 6.42 Å². The van der Waals surface area contributed by atoms with Crippen LogP contribution in [-0.2, 0) is 6.42 Å². The lowest BCUT2D eigenvalue weighted by atomic mass is 10.1. The van der Waals surface area contributed by atoms with E-state index in [2.05, 4.69) is 11.1 Å². The molecule has 0 aliphatic heterocycles. The van der Waals surface area contributed by atoms with Gasteiger partial charge in [-0.15, -0.1) is 11.3 Å². The van der Waals surface area contributed by atoms with Crippen molar-refractivity contribution in [3.05, 3.63) is 58.1 Å². The number of phenols is 1. The average molecular weight is 276 g/mol. The fourth-order valence-corrected chi connectivity index (χ4v) is 2.96. The van der Waals surface area contributed by atoms with E-state index in [1.165, 1.54) is 4.70 Å². The van der Waals surface area contributed by atoms with E-state index in [1.54, 1.807) is 23.5 Å². The molecule has 0 atom stereocenters. The van der Waals surface area contributed by atoms with Crippen molar-refractivity contribution in [3.8, 4) is 5.75 Å². The van der Waals surface area contributed by atoms with E-state index < -0.39 is 0 Å². The van der Waals surface area contributed by atoms with Crippen LogP contribution in [0.3, 0.4) is 0 Å². The highest BCUT2D eigenvalue weighted by Gasteiger charge is 2.06. The van der Waals surface area contributed by atoms with Gasteiger partial charge in [0.05, 0.1) is 20.2 Å². The summed E-state index contributed by atoms with van der Waals surface area (Å²) >= 11 is 7.46. The van der Waals surface area contributed by atoms with Crippen molar-refractivity contribution in [1.29, 1.82) is 0 Å². The number of thiazole rings is 1. The Balaban J connectivity index is 1.93. The predicted molar refractivity (Wildman–Crippen MR) is 75.5 cm³/mol. The Morgan fingerprint density at radius 2 is 2.00 bits per heavy atom. The van der Waals surface area contributed by atoms with Gasteiger partial charge < -0.3 is 5.11 Å². The summed E-state index contributed by atoms with van der Waals surface area (Å²) < 4.78 is 1.19. The number of aromatic nitrogens is 1. The molecule has 3 aromatic rings. The van der Waals surface area contributed by atoms with Crippen LogP contribution in [0.5, 0.6) is 5.75 Å². The lowest BCUT2D eigenvalue weighted by Crippen LogP contribution is -1.86. The third-order valence-electron chi connectivity index (χ3n) is 2.70. The highest BCUT2D eigenvalue weighted by atomic mass is 35.5. The van der Waals surface area contributed by atoms with Crippen LogP contribution in [0.1, 0.15) is 10.6 Å². The zero-order valence-corrected chi connectivity index (χ0v) is 11.0. The average Bonchev–Trinajstić information content (AvgIpc) is 2.76. The third kappa shape index (κ3) is 2.19. The number of aromatic hydroxyl groups is 1. The van der Waals surface area contributed by atoms with Crippen molar-refractivity contribution in [2.75, 3.05) is 0 Å². The molecule has 3 rings (SSSR count). The molecule has 0 amide bonds. The number of benzene rings is 2. The molecule has 0 saturated heterocycles. The maximum absolute atomic E-state index is 9.57. The summed E-state index contributed by atoms with van der Waals surface area (Å²) in [5.74, 6) is 0.121. The molecule has 1 aromatic heterocycles. The number of fused-ring (bicyclic) bond motifs is 1. The van der Waals surface area contributed by atoms with Crippen LogP contribution in [0.2, 0.25) is 5.02 Å². The number of phenolic OH excluding ortho intramolecular Hbond substituents is 1. The molecule has 0 radical (unpaired) electrons. The fourth-order valence-electron chi connectivity index (χ4n) is 1.84. The molecular weight excluding hydrogens is 266 g/mol. The van der Waals surface area contributed by atoms with Gasteiger partial charge in [0.15, 0.2) is 0 Å². The normalized spacial score (nSPS) is 10.9. The summed E-state index contributed by atoms with van der Waals surface area (Å²) in [5.41, 5.74) is 2.03. The van der Waals surface area contributed by atoms with Crippen molar-refractivity contribution < 1.29 is 5.11 Å². The van der Waals surface area contributed by atoms with Gasteiger partial charge in [0.2, 0.25) is 0 Å². The van der Waals surface area contributed by atoms with E-state index in [-0.39, 0.29) is 5.75 Å². The van der Waals surface area contributed by atoms with Crippen LogP contribution in [-0.4, -0.2) is 10.1 Å². The fraction of sp³-hybridized carbons (Fsp3) is 0.0714. The summed E-state index contributed by atoms with van der Waals surface area (Å²) in [5, 5.41) is 11.0. The van der Waals surface area contributed by atoms with Crippen LogP contribution in [0.15, 0.2) is 42.5 Å². The first-order chi connectivity index (χ1) is 8.72. The first-order valence-corrected chi connectivity index (χ1v) is 6.74. The Morgan fingerprint density at radius 3 is 2.78 bits per heavy atom. The second-order valence-corrected chi connectivity index (χ2v) is 5.56. The molecule has 2 aromatic carbocycles. The van der Waals surface area contributed by atoms with Crippen LogP contribution < -0.4 is 0 Å². The van der Waals surface area contributed by atoms with E-state index in [0.29, 0.717) is 11.4 Å². The van der Waals surface area contributed by atoms with E-state index in [4.69, 9.17) is 11.6 Å². The molecule has 18 heavy (non-hydrogen) atoms. The smallest absolute Gasteiger partial charge is 0.134 e. The van der Waals surface area contributed by atoms with Crippen LogP contribution in [0.4, 0.5) is 0 Å². The van der Waals surface area contributed by atoms with Crippen LogP contribution in [0.25, 0.3) is 10.2 Å². The van der Waals surface area contributed by atoms with Gasteiger partial charge in [0.25, 0.3) is 0 Å². The molecular formula is C14H10ClNOS. The Bertz CT molecular complexity index is 675. The molecule has 0 spiro atoms. The van der Waals surface area contributed by atoms with Crippen molar-refractivity contribution in [2.45, 2.75) is 6.42 Å². The Hall–Kier alpha value is -1.58. The van der Waals surface area contributed by atoms with Crippen molar-refractivity contribution >= 4 is 33.2 Å². The highest BCUT2D eigenvalue weighted by molar-refractivity contribution is 7.18. The standard InChI is InChI=1S/C14H10ClNOS/c15-10-6-5-9(7-12(10)17)8-14-16-11-3-1-2-4-13(11)18-14/h1-7,17H,8H2. The molecule has 90 valence electrons. The number of hydrogen-bond acceptors (Lipinski definition) is 3. The van der Waals surface area contributed by atoms with Gasteiger partial charge in [-0.25, -0.2) is 4.98 Å². The van der Waals surface area contributed by atoms with Gasteiger partial charge >= 0.3 is 0 Å². The van der Waals surface area contributed by atoms with Crippen molar-refractivity contribution in [1.82, 2.24) is 4.98 Å². The zero-order chi connectivity index (χ0) is 12.5. The minimum Gasteiger partial charge on any atom is -0.506 e. The summed E-state index contributed by atoms with van der Waals surface area (Å²) in [4.78, 5) is 4.56. The number of nitrogens with zero attached hydrogens (tertiary/aromatic N) is 1. The Labute approximate surface area is 113 Å². The molecule has 1 N–H and O–H groups in total. The van der Waals surface area contributed by atoms with Crippen LogP contribution in [0, 0.1) is 0 Å². The molecule has 1 heterocycles. The van der Waals surface area contributed by atoms with Crippen molar-refractivity contribution in [2.24, 2.45) is 0 Å². The van der Waals surface area contributed by atoms with Crippen LogP contribution >= 0.6 is 22.9 Å². The lowest BCUT2D eigenvalue weighted by Gasteiger charge is -2.00. The lowest BCUT2D eigenvalue weighted by molar-refractivity contribution is 0.475. The summed E-state index contributed by atoms with van der Waals surface area (Å²) in [6.45, 7) is 0. The molecule has 0 aliphatic carbocycles. The second kappa shape index (κ2) is 4.59. The number of para-hydroxylation sites is 1. The summed E-state index contributed by atoms with van der Waals surface area (Å²) in [6.07, 6.45) is 0.712. The van der Waals surface area contributed by atoms with Crippen molar-refractivity contribution in [3.63, 3.8) is 0 Å². The minimum atomic E-state index is 0.121. The largest absolute Gasteiger partial charge is 0.506 e. The Morgan fingerprint density at radius 1 is 1.17 bits per heavy atom. The number of hydrogen-bond donors (Lipinski definition) is 1. The summed E-state index contributed by atoms with van der Waals surface area (Å²) in [6, 6.07) is 13.4. The van der Waals surface area contributed by atoms with E-state index in [1.807, 2.05) is 24.3 Å². The first-order valence-electron chi connectivity index (χ1n) is 5.54. The topological polar surface area (TPSA) is 33.1 Å². The molecule has 0 fully saturated rings. The first kappa shape index (κ1) is 11.5.